The van der Waals surface area contributed by atoms with Gasteiger partial charge in [-0.05, 0) is 26.7 Å². The maximum Gasteiger partial charge on any atom is 0.0824 e. The Balaban J connectivity index is -0.0000000318. The van der Waals surface area contributed by atoms with Crippen molar-refractivity contribution < 1.29 is 0 Å². The van der Waals surface area contributed by atoms with Crippen LogP contribution in [0.2, 0.25) is 0 Å². The summed E-state index contributed by atoms with van der Waals surface area (Å²) < 4.78 is 3.66. The van der Waals surface area contributed by atoms with Crippen LogP contribution in [0.5, 0.6) is 0 Å². The Bertz CT molecular complexity index is 369. The molecule has 26 heavy (non-hydrogen) atoms. The molecule has 0 unspecified atom stereocenters. The average molecular weight is 379 g/mol. The molecular formula is C20H54N6. The zero-order valence-electron chi connectivity index (χ0n) is 11.7. The predicted molar refractivity (Wildman–Crippen MR) is 124 cm³/mol. The van der Waals surface area contributed by atoms with Gasteiger partial charge in [-0.15, -0.1) is 10.2 Å². The molecule has 0 saturated carbocycles. The van der Waals surface area contributed by atoms with Crippen molar-refractivity contribution in [1.29, 1.82) is 0 Å². The van der Waals surface area contributed by atoms with Gasteiger partial charge >= 0.3 is 0 Å². The zero-order chi connectivity index (χ0) is 13.4. The van der Waals surface area contributed by atoms with Gasteiger partial charge in [0.2, 0.25) is 0 Å². The standard InChI is InChI=1S/2C6H11N3.8CH4/c2*1-3-6-5-9(4-2)8-7-6;;;;;;;;/h2*5H,3-4H2,1-2H3;8*1H4. The van der Waals surface area contributed by atoms with E-state index in [0.717, 1.165) is 37.3 Å². The molecule has 2 aromatic heterocycles. The molecule has 0 atom stereocenters. The van der Waals surface area contributed by atoms with Crippen molar-refractivity contribution in [2.45, 2.75) is 113 Å². The Morgan fingerprint density at radius 2 is 0.846 bits per heavy atom. The van der Waals surface area contributed by atoms with E-state index in [9.17, 15) is 0 Å². The van der Waals surface area contributed by atoms with Gasteiger partial charge in [0, 0.05) is 25.5 Å². The molecule has 0 aliphatic carbocycles. The van der Waals surface area contributed by atoms with Crippen LogP contribution in [0.25, 0.3) is 0 Å². The van der Waals surface area contributed by atoms with Crippen LogP contribution in [0, 0.1) is 0 Å². The van der Waals surface area contributed by atoms with Crippen LogP contribution in [-0.2, 0) is 25.9 Å². The lowest BCUT2D eigenvalue weighted by molar-refractivity contribution is 0.626. The molecule has 0 saturated heterocycles. The molecule has 2 aromatic rings. The molecule has 0 amide bonds. The molecule has 0 fully saturated rings. The molecule has 0 bridgehead atoms. The third-order valence-corrected chi connectivity index (χ3v) is 2.54. The highest BCUT2D eigenvalue weighted by Crippen LogP contribution is 1.92. The fraction of sp³-hybridized carbons (Fsp3) is 0.800. The van der Waals surface area contributed by atoms with Crippen LogP contribution < -0.4 is 0 Å². The first-order chi connectivity index (χ1) is 8.73. The van der Waals surface area contributed by atoms with E-state index in [1.165, 1.54) is 0 Å². The van der Waals surface area contributed by atoms with Crippen molar-refractivity contribution in [2.24, 2.45) is 0 Å². The Morgan fingerprint density at radius 1 is 0.577 bits per heavy atom. The van der Waals surface area contributed by atoms with Crippen LogP contribution in [-0.4, -0.2) is 30.0 Å². The fourth-order valence-electron chi connectivity index (χ4n) is 1.31. The van der Waals surface area contributed by atoms with E-state index in [1.807, 2.05) is 35.6 Å². The van der Waals surface area contributed by atoms with Gasteiger partial charge in [-0.25, -0.2) is 0 Å². The summed E-state index contributed by atoms with van der Waals surface area (Å²) in [7, 11) is 0. The lowest BCUT2D eigenvalue weighted by Gasteiger charge is -1.86. The largest absolute Gasteiger partial charge is 0.253 e. The van der Waals surface area contributed by atoms with E-state index in [4.69, 9.17) is 0 Å². The highest BCUT2D eigenvalue weighted by Gasteiger charge is 1.93. The van der Waals surface area contributed by atoms with Gasteiger partial charge in [-0.3, -0.25) is 9.36 Å². The van der Waals surface area contributed by atoms with Gasteiger partial charge < -0.3 is 0 Å². The summed E-state index contributed by atoms with van der Waals surface area (Å²) in [5.41, 5.74) is 2.13. The van der Waals surface area contributed by atoms with E-state index < -0.39 is 0 Å². The molecule has 0 aromatic carbocycles. The van der Waals surface area contributed by atoms with Crippen molar-refractivity contribution in [3.63, 3.8) is 0 Å². The molecule has 6 nitrogen and oxygen atoms in total. The first-order valence-corrected chi connectivity index (χ1v) is 6.51. The van der Waals surface area contributed by atoms with E-state index in [-0.39, 0.29) is 59.4 Å². The number of hydrogen-bond donors (Lipinski definition) is 0. The van der Waals surface area contributed by atoms with Crippen molar-refractivity contribution >= 4 is 0 Å². The molecule has 164 valence electrons. The minimum absolute atomic E-state index is 0. The molecule has 0 N–H and O–H groups in total. The quantitative estimate of drug-likeness (QED) is 0.586. The maximum atomic E-state index is 3.92. The van der Waals surface area contributed by atoms with E-state index in [0.29, 0.717) is 0 Å². The molecule has 2 heterocycles. The summed E-state index contributed by atoms with van der Waals surface area (Å²) in [6.45, 7) is 10.1. The monoisotopic (exact) mass is 378 g/mol. The summed E-state index contributed by atoms with van der Waals surface area (Å²) in [5, 5.41) is 15.6. The van der Waals surface area contributed by atoms with E-state index in [1.54, 1.807) is 0 Å². The minimum Gasteiger partial charge on any atom is -0.253 e. The van der Waals surface area contributed by atoms with E-state index in [2.05, 4.69) is 34.5 Å². The normalized spacial score (nSPS) is 6.92. The Hall–Kier alpha value is -1.72. The second kappa shape index (κ2) is 28.1. The second-order valence-corrected chi connectivity index (χ2v) is 3.84. The number of hydrogen-bond acceptors (Lipinski definition) is 4. The van der Waals surface area contributed by atoms with Gasteiger partial charge in [-0.1, -0.05) is 83.7 Å². The summed E-state index contributed by atoms with van der Waals surface area (Å²) in [4.78, 5) is 0. The van der Waals surface area contributed by atoms with Crippen LogP contribution in [0.4, 0.5) is 0 Å². The Kier molecular flexibility index (Phi) is 53.7. The van der Waals surface area contributed by atoms with Crippen molar-refractivity contribution in [1.82, 2.24) is 30.0 Å². The van der Waals surface area contributed by atoms with Crippen molar-refractivity contribution in [2.75, 3.05) is 0 Å². The Labute approximate surface area is 167 Å². The fourth-order valence-corrected chi connectivity index (χ4v) is 1.31. The van der Waals surface area contributed by atoms with Crippen LogP contribution in [0.1, 0.15) is 98.5 Å². The number of aryl methyl sites for hydroxylation is 4. The topological polar surface area (TPSA) is 61.4 Å². The Morgan fingerprint density at radius 3 is 0.962 bits per heavy atom. The van der Waals surface area contributed by atoms with Crippen LogP contribution >= 0.6 is 0 Å². The van der Waals surface area contributed by atoms with Crippen molar-refractivity contribution in [3.05, 3.63) is 23.8 Å². The van der Waals surface area contributed by atoms with Gasteiger partial charge in [0.1, 0.15) is 0 Å². The molecular weight excluding hydrogens is 324 g/mol. The molecule has 2 rings (SSSR count). The number of rotatable bonds is 4. The summed E-state index contributed by atoms with van der Waals surface area (Å²) in [6.07, 6.45) is 5.89. The van der Waals surface area contributed by atoms with Gasteiger partial charge in [0.15, 0.2) is 0 Å². The maximum absolute atomic E-state index is 3.92. The van der Waals surface area contributed by atoms with Crippen LogP contribution in [0.3, 0.4) is 0 Å². The van der Waals surface area contributed by atoms with Crippen LogP contribution in [0.15, 0.2) is 12.4 Å². The number of aromatic nitrogens is 6. The molecule has 0 spiro atoms. The average Bonchev–Trinajstić information content (AvgIpc) is 3.07. The first-order valence-electron chi connectivity index (χ1n) is 6.51. The molecule has 0 aliphatic rings. The highest BCUT2D eigenvalue weighted by molar-refractivity contribution is 4.90. The molecule has 0 radical (unpaired) electrons. The smallest absolute Gasteiger partial charge is 0.0824 e. The number of nitrogens with zero attached hydrogens (tertiary/aromatic N) is 6. The highest BCUT2D eigenvalue weighted by atomic mass is 15.4. The first kappa shape index (κ1) is 49.6. The van der Waals surface area contributed by atoms with Gasteiger partial charge in [0.05, 0.1) is 11.4 Å². The lowest BCUT2D eigenvalue weighted by Crippen LogP contribution is -1.93. The zero-order valence-corrected chi connectivity index (χ0v) is 11.7. The second-order valence-electron chi connectivity index (χ2n) is 3.84. The summed E-state index contributed by atoms with van der Waals surface area (Å²) in [6, 6.07) is 0. The summed E-state index contributed by atoms with van der Waals surface area (Å²) >= 11 is 0. The van der Waals surface area contributed by atoms with Gasteiger partial charge in [0.25, 0.3) is 0 Å². The van der Waals surface area contributed by atoms with Crippen molar-refractivity contribution in [3.8, 4) is 0 Å². The van der Waals surface area contributed by atoms with Gasteiger partial charge in [-0.2, -0.15) is 0 Å². The lowest BCUT2D eigenvalue weighted by atomic mass is 10.4. The SMILES string of the molecule is C.C.C.C.C.C.C.C.CCc1cn(CC)nn1.CCc1cn(CC)nn1. The summed E-state index contributed by atoms with van der Waals surface area (Å²) in [5.74, 6) is 0. The molecule has 6 heteroatoms. The third kappa shape index (κ3) is 17.1. The predicted octanol–water partition coefficient (Wildman–Crippen LogP) is 6.81. The molecule has 0 aliphatic heterocycles. The third-order valence-electron chi connectivity index (χ3n) is 2.54. The van der Waals surface area contributed by atoms with E-state index >= 15 is 0 Å². The minimum atomic E-state index is 0.